The number of aromatic nitrogens is 8. The van der Waals surface area contributed by atoms with Crippen LogP contribution in [0.2, 0.25) is 0 Å². The molecule has 1 fully saturated rings. The maximum absolute atomic E-state index is 14.3. The summed E-state index contributed by atoms with van der Waals surface area (Å²) in [5.74, 6) is -0.334. The van der Waals surface area contributed by atoms with Crippen LogP contribution >= 0.6 is 0 Å². The predicted octanol–water partition coefficient (Wildman–Crippen LogP) is 8.09. The summed E-state index contributed by atoms with van der Waals surface area (Å²) in [5, 5.41) is 20.0. The number of H-pyrrole nitrogens is 4. The van der Waals surface area contributed by atoms with Crippen molar-refractivity contribution < 1.29 is 18.4 Å². The average Bonchev–Trinajstić information content (AvgIpc) is 3.67. The number of rotatable bonds is 10. The Bertz CT molecular complexity index is 2760. The van der Waals surface area contributed by atoms with E-state index in [1.807, 2.05) is 42.5 Å². The third-order valence-electron chi connectivity index (χ3n) is 9.68. The van der Waals surface area contributed by atoms with Gasteiger partial charge in [0.2, 0.25) is 11.8 Å². The molecule has 1 aliphatic carbocycles. The van der Waals surface area contributed by atoms with Gasteiger partial charge < -0.3 is 20.6 Å². The van der Waals surface area contributed by atoms with Crippen LogP contribution in [0.15, 0.2) is 104 Å². The summed E-state index contributed by atoms with van der Waals surface area (Å²) < 4.78 is 28.4. The van der Waals surface area contributed by atoms with Crippen molar-refractivity contribution in [3.05, 3.63) is 121 Å². The maximum atomic E-state index is 14.3. The van der Waals surface area contributed by atoms with Crippen molar-refractivity contribution in [2.75, 3.05) is 10.6 Å². The minimum atomic E-state index is -0.399. The first-order chi connectivity index (χ1) is 26.3. The lowest BCUT2D eigenvalue weighted by Gasteiger charge is -2.08. The third-order valence-corrected chi connectivity index (χ3v) is 9.68. The van der Waals surface area contributed by atoms with Gasteiger partial charge in [-0.25, -0.2) is 18.7 Å². The molecule has 0 saturated heterocycles. The summed E-state index contributed by atoms with van der Waals surface area (Å²) in [4.78, 5) is 41.9. The summed E-state index contributed by atoms with van der Waals surface area (Å²) in [5.41, 5.74) is 8.29. The molecule has 2 unspecified atom stereocenters. The molecule has 4 aromatic heterocycles. The highest BCUT2D eigenvalue weighted by Gasteiger charge is 2.41. The van der Waals surface area contributed by atoms with Crippen LogP contribution in [-0.2, 0) is 9.59 Å². The van der Waals surface area contributed by atoms with E-state index in [0.29, 0.717) is 56.6 Å². The number of para-hydroxylation sites is 1. The Hall–Kier alpha value is -7.22. The van der Waals surface area contributed by atoms with Crippen LogP contribution < -0.4 is 10.6 Å². The molecule has 0 spiro atoms. The van der Waals surface area contributed by atoms with E-state index in [4.69, 9.17) is 9.97 Å². The van der Waals surface area contributed by atoms with Crippen molar-refractivity contribution in [3.63, 3.8) is 0 Å². The van der Waals surface area contributed by atoms with Gasteiger partial charge >= 0.3 is 0 Å². The van der Waals surface area contributed by atoms with E-state index in [0.717, 1.165) is 40.2 Å². The molecule has 14 heteroatoms. The zero-order valence-corrected chi connectivity index (χ0v) is 28.4. The molecule has 54 heavy (non-hydrogen) atoms. The molecule has 0 bridgehead atoms. The van der Waals surface area contributed by atoms with Crippen molar-refractivity contribution in [1.82, 2.24) is 40.3 Å². The Kier molecular flexibility index (Phi) is 7.91. The number of nitrogens with one attached hydrogen (secondary N) is 6. The number of fused-ring (bicyclic) bond motifs is 2. The molecule has 2 amide bonds. The van der Waals surface area contributed by atoms with Crippen LogP contribution in [0.3, 0.4) is 0 Å². The topological polar surface area (TPSA) is 173 Å². The summed E-state index contributed by atoms with van der Waals surface area (Å²) in [7, 11) is 0. The fraction of sp³-hybridized carbons (Fsp3) is 0.100. The molecule has 0 radical (unpaired) electrons. The second-order valence-corrected chi connectivity index (χ2v) is 13.2. The molecule has 266 valence electrons. The Morgan fingerprint density at radius 1 is 0.778 bits per heavy atom. The van der Waals surface area contributed by atoms with Gasteiger partial charge in [0, 0.05) is 29.9 Å². The Labute approximate surface area is 305 Å². The number of carbonyl (C=O) groups is 2. The fourth-order valence-corrected chi connectivity index (χ4v) is 7.06. The largest absolute Gasteiger partial charge is 0.336 e. The third kappa shape index (κ3) is 5.98. The highest BCUT2D eigenvalue weighted by Crippen LogP contribution is 2.52. The van der Waals surface area contributed by atoms with Crippen LogP contribution in [0.5, 0.6) is 0 Å². The normalized spacial score (nSPS) is 15.1. The second kappa shape index (κ2) is 13.1. The number of halogens is 2. The van der Waals surface area contributed by atoms with E-state index < -0.39 is 5.91 Å². The predicted molar refractivity (Wildman–Crippen MR) is 201 cm³/mol. The SMILES string of the molecule is C=CC(=O)Nc1c[nH]nc1-c1nc2c(-c3cccc(F)c3)ccc(C3CC3CC(=O)Nc3c[nH]nc3-c3nc4c(-c5cccc(F)c5)cccc4[nH]3)c2[nH]1. The summed E-state index contributed by atoms with van der Waals surface area (Å²) >= 11 is 0. The molecule has 1 aliphatic rings. The highest BCUT2D eigenvalue weighted by molar-refractivity contribution is 6.02. The Morgan fingerprint density at radius 3 is 2.09 bits per heavy atom. The van der Waals surface area contributed by atoms with Crippen molar-refractivity contribution in [2.45, 2.75) is 18.8 Å². The Balaban J connectivity index is 0.972. The van der Waals surface area contributed by atoms with Gasteiger partial charge in [-0.3, -0.25) is 19.8 Å². The minimum Gasteiger partial charge on any atom is -0.336 e. The summed E-state index contributed by atoms with van der Waals surface area (Å²) in [6, 6.07) is 22.2. The van der Waals surface area contributed by atoms with Crippen LogP contribution in [0.1, 0.15) is 24.3 Å². The number of hydrogen-bond donors (Lipinski definition) is 6. The molecule has 4 heterocycles. The number of amides is 2. The summed E-state index contributed by atoms with van der Waals surface area (Å²) in [6.07, 6.45) is 5.35. The van der Waals surface area contributed by atoms with Crippen molar-refractivity contribution in [3.8, 4) is 45.3 Å². The van der Waals surface area contributed by atoms with E-state index in [2.05, 4.69) is 47.6 Å². The average molecular weight is 721 g/mol. The van der Waals surface area contributed by atoms with Gasteiger partial charge in [0.25, 0.3) is 0 Å². The van der Waals surface area contributed by atoms with Gasteiger partial charge in [0.05, 0.1) is 33.4 Å². The van der Waals surface area contributed by atoms with Crippen molar-refractivity contribution in [2.24, 2.45) is 5.92 Å². The minimum absolute atomic E-state index is 0.0446. The number of hydrogen-bond acceptors (Lipinski definition) is 6. The lowest BCUT2D eigenvalue weighted by Crippen LogP contribution is -2.12. The van der Waals surface area contributed by atoms with Gasteiger partial charge in [0.15, 0.2) is 23.0 Å². The molecular weight excluding hydrogens is 691 g/mol. The molecular formula is C40H30F2N10O2. The van der Waals surface area contributed by atoms with Crippen molar-refractivity contribution >= 4 is 45.3 Å². The van der Waals surface area contributed by atoms with Gasteiger partial charge in [-0.2, -0.15) is 10.2 Å². The number of aromatic amines is 4. The first-order valence-electron chi connectivity index (χ1n) is 17.2. The van der Waals surface area contributed by atoms with Crippen LogP contribution in [0.25, 0.3) is 67.4 Å². The van der Waals surface area contributed by atoms with E-state index in [1.54, 1.807) is 24.5 Å². The van der Waals surface area contributed by atoms with E-state index in [1.165, 1.54) is 24.3 Å². The molecule has 0 aliphatic heterocycles. The lowest BCUT2D eigenvalue weighted by molar-refractivity contribution is -0.116. The number of benzene rings is 4. The van der Waals surface area contributed by atoms with Crippen LogP contribution in [0.4, 0.5) is 20.2 Å². The number of carbonyl (C=O) groups excluding carboxylic acids is 2. The van der Waals surface area contributed by atoms with Crippen molar-refractivity contribution in [1.29, 1.82) is 0 Å². The lowest BCUT2D eigenvalue weighted by atomic mass is 9.98. The molecule has 8 aromatic rings. The molecule has 1 saturated carbocycles. The molecule has 9 rings (SSSR count). The first-order valence-corrected chi connectivity index (χ1v) is 17.2. The van der Waals surface area contributed by atoms with E-state index >= 15 is 0 Å². The monoisotopic (exact) mass is 720 g/mol. The molecule has 4 aromatic carbocycles. The van der Waals surface area contributed by atoms with Gasteiger partial charge in [-0.1, -0.05) is 55.1 Å². The number of anilines is 2. The maximum Gasteiger partial charge on any atom is 0.247 e. The molecule has 2 atom stereocenters. The Morgan fingerprint density at radius 2 is 1.41 bits per heavy atom. The zero-order chi connectivity index (χ0) is 36.9. The number of imidazole rings is 2. The smallest absolute Gasteiger partial charge is 0.247 e. The summed E-state index contributed by atoms with van der Waals surface area (Å²) in [6.45, 7) is 3.51. The standard InChI is InChI=1S/C40H30F2N10O2/c1-2-32(53)45-30-18-43-52-38(30)40-49-35-26(21-7-4-9-24(42)15-21)12-13-27(36(35)50-40)28-16-22(28)17-33(54)46-31-19-44-51-37(31)39-47-29-11-5-10-25(34(29)48-39)20-6-3-8-23(41)14-20/h2-15,18-19,22,28H,1,16-17H2,(H,43,52)(H,44,51)(H,45,53)(H,46,54)(H,47,48)(H,49,50). The quantitative estimate of drug-likeness (QED) is 0.0779. The van der Waals surface area contributed by atoms with Gasteiger partial charge in [0.1, 0.15) is 11.6 Å². The first kappa shape index (κ1) is 32.7. The van der Waals surface area contributed by atoms with Crippen LogP contribution in [-0.4, -0.2) is 52.1 Å². The zero-order valence-electron chi connectivity index (χ0n) is 28.4. The van der Waals surface area contributed by atoms with E-state index in [9.17, 15) is 18.4 Å². The van der Waals surface area contributed by atoms with Crippen LogP contribution in [0, 0.1) is 17.6 Å². The van der Waals surface area contributed by atoms with Gasteiger partial charge in [-0.05, 0) is 71.4 Å². The molecule has 6 N–H and O–H groups in total. The van der Waals surface area contributed by atoms with E-state index in [-0.39, 0.29) is 35.8 Å². The van der Waals surface area contributed by atoms with Gasteiger partial charge in [-0.15, -0.1) is 0 Å². The number of nitrogens with zero attached hydrogens (tertiary/aromatic N) is 4. The molecule has 12 nitrogen and oxygen atoms in total. The second-order valence-electron chi connectivity index (χ2n) is 13.2. The highest BCUT2D eigenvalue weighted by atomic mass is 19.1. The fourth-order valence-electron chi connectivity index (χ4n) is 7.06.